The molecule has 0 bridgehead atoms. The summed E-state index contributed by atoms with van der Waals surface area (Å²) in [7, 11) is 0. The van der Waals surface area contributed by atoms with Crippen molar-refractivity contribution in [2.45, 2.75) is 29.6 Å². The summed E-state index contributed by atoms with van der Waals surface area (Å²) in [5, 5.41) is 0. The van der Waals surface area contributed by atoms with Gasteiger partial charge in [0.25, 0.3) is 0 Å². The van der Waals surface area contributed by atoms with Crippen LogP contribution in [-0.2, 0) is 14.3 Å². The average Bonchev–Trinajstić information content (AvgIpc) is 2.45. The maximum Gasteiger partial charge on any atom is 0.319 e. The number of hydrogen-bond acceptors (Lipinski definition) is 3. The number of alkyl halides is 2. The molecule has 0 radical (unpaired) electrons. The molecule has 0 saturated carbocycles. The number of ether oxygens (including phenoxy) is 1. The quantitative estimate of drug-likeness (QED) is 0.255. The number of rotatable bonds is 6. The Balaban J connectivity index is 0.00000137. The van der Waals surface area contributed by atoms with Crippen LogP contribution in [-0.4, -0.2) is 27.7 Å². The minimum atomic E-state index is -0.234. The van der Waals surface area contributed by atoms with Gasteiger partial charge in [-0.05, 0) is 29.8 Å². The summed E-state index contributed by atoms with van der Waals surface area (Å²) in [6.45, 7) is 0.343. The van der Waals surface area contributed by atoms with E-state index in [1.165, 1.54) is 0 Å². The smallest absolute Gasteiger partial charge is 0.319 e. The SMILES string of the molecule is CI.O=CCCC(I)C(=O)OCC1=CCCC=C1. The Hall–Kier alpha value is 0.0800. The van der Waals surface area contributed by atoms with Crippen molar-refractivity contribution in [3.63, 3.8) is 0 Å². The van der Waals surface area contributed by atoms with Gasteiger partial charge in [0.2, 0.25) is 0 Å². The van der Waals surface area contributed by atoms with Crippen molar-refractivity contribution in [2.75, 3.05) is 11.5 Å². The molecule has 0 amide bonds. The van der Waals surface area contributed by atoms with Crippen molar-refractivity contribution < 1.29 is 14.3 Å². The lowest BCUT2D eigenvalue weighted by Gasteiger charge is -2.11. The molecule has 0 fully saturated rings. The van der Waals surface area contributed by atoms with Gasteiger partial charge in [0, 0.05) is 6.42 Å². The molecular formula is C13H18I2O3. The lowest BCUT2D eigenvalue weighted by Crippen LogP contribution is -2.18. The third-order valence-corrected chi connectivity index (χ3v) is 3.38. The van der Waals surface area contributed by atoms with Crippen LogP contribution in [0, 0.1) is 0 Å². The fraction of sp³-hybridized carbons (Fsp3) is 0.538. The van der Waals surface area contributed by atoms with Gasteiger partial charge in [-0.3, -0.25) is 4.79 Å². The van der Waals surface area contributed by atoms with E-state index in [1.54, 1.807) is 0 Å². The highest BCUT2D eigenvalue weighted by molar-refractivity contribution is 14.1. The van der Waals surface area contributed by atoms with Crippen LogP contribution >= 0.6 is 45.2 Å². The van der Waals surface area contributed by atoms with Crippen molar-refractivity contribution in [3.05, 3.63) is 23.8 Å². The molecule has 3 nitrogen and oxygen atoms in total. The molecule has 1 rings (SSSR count). The molecular weight excluding hydrogens is 458 g/mol. The largest absolute Gasteiger partial charge is 0.460 e. The molecule has 0 heterocycles. The Kier molecular flexibility index (Phi) is 12.2. The fourth-order valence-corrected chi connectivity index (χ4v) is 1.89. The van der Waals surface area contributed by atoms with E-state index in [2.05, 4.69) is 34.7 Å². The zero-order valence-electron chi connectivity index (χ0n) is 10.4. The predicted molar refractivity (Wildman–Crippen MR) is 90.5 cm³/mol. The van der Waals surface area contributed by atoms with Gasteiger partial charge in [0.1, 0.15) is 16.8 Å². The van der Waals surface area contributed by atoms with Crippen LogP contribution in [0.25, 0.3) is 0 Å². The van der Waals surface area contributed by atoms with Crippen LogP contribution in [0.4, 0.5) is 0 Å². The van der Waals surface area contributed by atoms with Crippen molar-refractivity contribution in [3.8, 4) is 0 Å². The normalized spacial score (nSPS) is 14.9. The molecule has 0 aromatic carbocycles. The first-order valence-corrected chi connectivity index (χ1v) is 9.12. The van der Waals surface area contributed by atoms with Gasteiger partial charge in [-0.15, -0.1) is 0 Å². The molecule has 1 aliphatic carbocycles. The molecule has 1 aliphatic rings. The maximum absolute atomic E-state index is 11.5. The van der Waals surface area contributed by atoms with E-state index in [1.807, 2.05) is 33.6 Å². The topological polar surface area (TPSA) is 43.4 Å². The van der Waals surface area contributed by atoms with Crippen molar-refractivity contribution in [1.82, 2.24) is 0 Å². The number of carbonyl (C=O) groups excluding carboxylic acids is 2. The molecule has 5 heteroatoms. The second-order valence-electron chi connectivity index (χ2n) is 3.58. The molecule has 0 aromatic rings. The van der Waals surface area contributed by atoms with E-state index in [4.69, 9.17) is 4.74 Å². The third-order valence-electron chi connectivity index (χ3n) is 2.25. The zero-order chi connectivity index (χ0) is 13.8. The summed E-state index contributed by atoms with van der Waals surface area (Å²) in [6, 6.07) is 0. The Morgan fingerprint density at radius 1 is 1.50 bits per heavy atom. The lowest BCUT2D eigenvalue weighted by molar-refractivity contribution is -0.141. The summed E-state index contributed by atoms with van der Waals surface area (Å²) < 4.78 is 4.93. The Morgan fingerprint density at radius 3 is 2.78 bits per heavy atom. The van der Waals surface area contributed by atoms with Crippen LogP contribution in [0.3, 0.4) is 0 Å². The lowest BCUT2D eigenvalue weighted by atomic mass is 10.1. The zero-order valence-corrected chi connectivity index (χ0v) is 14.7. The van der Waals surface area contributed by atoms with Crippen LogP contribution in [0.2, 0.25) is 0 Å². The van der Waals surface area contributed by atoms with Crippen molar-refractivity contribution >= 4 is 57.4 Å². The number of halogens is 2. The highest BCUT2D eigenvalue weighted by Crippen LogP contribution is 2.13. The second kappa shape index (κ2) is 12.1. The predicted octanol–water partition coefficient (Wildman–Crippen LogP) is 3.64. The van der Waals surface area contributed by atoms with Gasteiger partial charge in [0.15, 0.2) is 0 Å². The molecule has 0 aliphatic heterocycles. The van der Waals surface area contributed by atoms with Crippen LogP contribution in [0.1, 0.15) is 25.7 Å². The first-order chi connectivity index (χ1) is 8.74. The number of esters is 1. The molecule has 0 aromatic heterocycles. The number of aldehydes is 1. The van der Waals surface area contributed by atoms with Crippen LogP contribution in [0.15, 0.2) is 23.8 Å². The summed E-state index contributed by atoms with van der Waals surface area (Å²) in [5.41, 5.74) is 1.05. The van der Waals surface area contributed by atoms with E-state index in [0.29, 0.717) is 19.4 Å². The minimum Gasteiger partial charge on any atom is -0.460 e. The van der Waals surface area contributed by atoms with Gasteiger partial charge < -0.3 is 9.53 Å². The molecule has 0 saturated heterocycles. The van der Waals surface area contributed by atoms with E-state index >= 15 is 0 Å². The van der Waals surface area contributed by atoms with E-state index in [9.17, 15) is 9.59 Å². The standard InChI is InChI=1S/C12H15IO3.CH3I/c13-11(7-4-8-14)12(15)16-9-10-5-2-1-3-6-10;1-2/h2,5-6,8,11H,1,3-4,7,9H2;1H3. The first-order valence-electron chi connectivity index (χ1n) is 5.71. The summed E-state index contributed by atoms with van der Waals surface area (Å²) in [6.07, 6.45) is 10.0. The summed E-state index contributed by atoms with van der Waals surface area (Å²) >= 11 is 4.16. The Labute approximate surface area is 136 Å². The number of carbonyl (C=O) groups is 2. The first kappa shape index (κ1) is 18.1. The molecule has 1 unspecified atom stereocenters. The highest BCUT2D eigenvalue weighted by Gasteiger charge is 2.15. The van der Waals surface area contributed by atoms with Gasteiger partial charge >= 0.3 is 5.97 Å². The Bertz CT molecular complexity index is 311. The van der Waals surface area contributed by atoms with E-state index in [-0.39, 0.29) is 9.89 Å². The van der Waals surface area contributed by atoms with Crippen molar-refractivity contribution in [2.24, 2.45) is 0 Å². The molecule has 1 atom stereocenters. The molecule has 0 N–H and O–H groups in total. The van der Waals surface area contributed by atoms with Gasteiger partial charge in [0.05, 0.1) is 0 Å². The monoisotopic (exact) mass is 476 g/mol. The minimum absolute atomic E-state index is 0.226. The average molecular weight is 476 g/mol. The summed E-state index contributed by atoms with van der Waals surface area (Å²) in [5.74, 6) is -0.234. The fourth-order valence-electron chi connectivity index (χ4n) is 1.35. The summed E-state index contributed by atoms with van der Waals surface area (Å²) in [4.78, 5) is 23.6. The molecule has 102 valence electrons. The van der Waals surface area contributed by atoms with E-state index in [0.717, 1.165) is 24.7 Å². The van der Waals surface area contributed by atoms with Gasteiger partial charge in [-0.1, -0.05) is 63.4 Å². The maximum atomic E-state index is 11.5. The highest BCUT2D eigenvalue weighted by atomic mass is 127. The second-order valence-corrected chi connectivity index (χ2v) is 5.08. The van der Waals surface area contributed by atoms with E-state index < -0.39 is 0 Å². The van der Waals surface area contributed by atoms with Crippen LogP contribution < -0.4 is 0 Å². The number of hydrogen-bond donors (Lipinski definition) is 0. The van der Waals surface area contributed by atoms with Gasteiger partial charge in [-0.2, -0.15) is 0 Å². The number of allylic oxidation sites excluding steroid dienone is 2. The Morgan fingerprint density at radius 2 is 2.22 bits per heavy atom. The molecule has 0 spiro atoms. The van der Waals surface area contributed by atoms with Gasteiger partial charge in [-0.25, -0.2) is 0 Å². The van der Waals surface area contributed by atoms with Crippen molar-refractivity contribution in [1.29, 1.82) is 0 Å². The van der Waals surface area contributed by atoms with Crippen LogP contribution in [0.5, 0.6) is 0 Å². The third kappa shape index (κ3) is 8.23. The molecule has 18 heavy (non-hydrogen) atoms.